The van der Waals surface area contributed by atoms with Crippen LogP contribution >= 0.6 is 0 Å². The van der Waals surface area contributed by atoms with Crippen LogP contribution in [0.5, 0.6) is 0 Å². The number of rotatable bonds is 3. The highest BCUT2D eigenvalue weighted by atomic mass is 15.3. The van der Waals surface area contributed by atoms with E-state index in [0.29, 0.717) is 12.0 Å². The lowest BCUT2D eigenvalue weighted by atomic mass is 10.0. The summed E-state index contributed by atoms with van der Waals surface area (Å²) in [6.45, 7) is 6.90. The van der Waals surface area contributed by atoms with Gasteiger partial charge < -0.3 is 4.90 Å². The third-order valence-corrected chi connectivity index (χ3v) is 3.87. The molecule has 2 rings (SSSR count). The van der Waals surface area contributed by atoms with Crippen LogP contribution in [0.4, 0.5) is 0 Å². The van der Waals surface area contributed by atoms with E-state index < -0.39 is 0 Å². The lowest BCUT2D eigenvalue weighted by Crippen LogP contribution is -2.31. The lowest BCUT2D eigenvalue weighted by Gasteiger charge is -2.29. The minimum absolute atomic E-state index is 0.619. The first-order valence-electron chi connectivity index (χ1n) is 6.43. The maximum Gasteiger partial charge on any atom is 0.0543 e. The Morgan fingerprint density at radius 3 is 2.75 bits per heavy atom. The number of piperidine rings is 1. The second kappa shape index (κ2) is 5.00. The Kier molecular flexibility index (Phi) is 3.64. The van der Waals surface area contributed by atoms with Gasteiger partial charge in [-0.15, -0.1) is 0 Å². The molecule has 0 aliphatic carbocycles. The summed E-state index contributed by atoms with van der Waals surface area (Å²) >= 11 is 0. The van der Waals surface area contributed by atoms with Crippen molar-refractivity contribution in [1.82, 2.24) is 14.7 Å². The molecule has 2 heterocycles. The van der Waals surface area contributed by atoms with E-state index in [2.05, 4.69) is 41.8 Å². The van der Waals surface area contributed by atoms with Crippen LogP contribution in [0.3, 0.4) is 0 Å². The minimum Gasteiger partial charge on any atom is -0.306 e. The predicted molar refractivity (Wildman–Crippen MR) is 66.7 cm³/mol. The first kappa shape index (κ1) is 11.6. The van der Waals surface area contributed by atoms with Gasteiger partial charge in [0.2, 0.25) is 0 Å². The highest BCUT2D eigenvalue weighted by Crippen LogP contribution is 2.24. The fourth-order valence-corrected chi connectivity index (χ4v) is 2.30. The van der Waals surface area contributed by atoms with Gasteiger partial charge in [-0.3, -0.25) is 4.68 Å². The Bertz CT molecular complexity index is 324. The topological polar surface area (TPSA) is 21.1 Å². The molecule has 1 fully saturated rings. The minimum atomic E-state index is 0.619. The summed E-state index contributed by atoms with van der Waals surface area (Å²) in [5.74, 6) is 0.639. The monoisotopic (exact) mass is 221 g/mol. The van der Waals surface area contributed by atoms with E-state index in [-0.39, 0.29) is 0 Å². The number of likely N-dealkylation sites (tertiary alicyclic amines) is 1. The normalized spacial score (nSPS) is 21.2. The van der Waals surface area contributed by atoms with Crippen LogP contribution in [0.2, 0.25) is 0 Å². The highest BCUT2D eigenvalue weighted by Gasteiger charge is 2.19. The molecule has 16 heavy (non-hydrogen) atoms. The number of aromatic nitrogens is 2. The molecule has 0 N–H and O–H groups in total. The zero-order valence-corrected chi connectivity index (χ0v) is 10.7. The van der Waals surface area contributed by atoms with Crippen molar-refractivity contribution in [2.24, 2.45) is 0 Å². The third-order valence-electron chi connectivity index (χ3n) is 3.87. The molecule has 1 saturated heterocycles. The van der Waals surface area contributed by atoms with Crippen molar-refractivity contribution in [3.63, 3.8) is 0 Å². The summed E-state index contributed by atoms with van der Waals surface area (Å²) < 4.78 is 2.19. The molecule has 0 radical (unpaired) electrons. The molecule has 0 amide bonds. The fourth-order valence-electron chi connectivity index (χ4n) is 2.30. The molecule has 1 unspecified atom stereocenters. The van der Waals surface area contributed by atoms with Crippen molar-refractivity contribution in [2.45, 2.75) is 45.1 Å². The van der Waals surface area contributed by atoms with Crippen molar-refractivity contribution < 1.29 is 0 Å². The van der Waals surface area contributed by atoms with Gasteiger partial charge in [0, 0.05) is 6.20 Å². The van der Waals surface area contributed by atoms with Crippen molar-refractivity contribution >= 4 is 0 Å². The predicted octanol–water partition coefficient (Wildman–Crippen LogP) is 2.66. The molecule has 0 saturated carbocycles. The molecule has 1 atom stereocenters. The Morgan fingerprint density at radius 1 is 1.44 bits per heavy atom. The van der Waals surface area contributed by atoms with Gasteiger partial charge in [-0.1, -0.05) is 13.8 Å². The SMILES string of the molecule is CCC(C)c1cnn(C2CCN(C)CC2)c1. The molecule has 1 aliphatic rings. The van der Waals surface area contributed by atoms with E-state index in [4.69, 9.17) is 0 Å². The molecule has 0 aromatic carbocycles. The van der Waals surface area contributed by atoms with Crippen LogP contribution in [-0.4, -0.2) is 34.8 Å². The smallest absolute Gasteiger partial charge is 0.0543 e. The standard InChI is InChI=1S/C13H23N3/c1-4-11(2)12-9-14-16(10-12)13-5-7-15(3)8-6-13/h9-11,13H,4-8H2,1-3H3. The molecule has 0 spiro atoms. The van der Waals surface area contributed by atoms with Gasteiger partial charge in [0.25, 0.3) is 0 Å². The van der Waals surface area contributed by atoms with Crippen molar-refractivity contribution in [1.29, 1.82) is 0 Å². The van der Waals surface area contributed by atoms with Crippen LogP contribution in [0, 0.1) is 0 Å². The van der Waals surface area contributed by atoms with Crippen molar-refractivity contribution in [3.05, 3.63) is 18.0 Å². The molecule has 3 heteroatoms. The van der Waals surface area contributed by atoms with Crippen molar-refractivity contribution in [3.8, 4) is 0 Å². The largest absolute Gasteiger partial charge is 0.306 e. The molecular formula is C13H23N3. The van der Waals surface area contributed by atoms with Crippen molar-refractivity contribution in [2.75, 3.05) is 20.1 Å². The Balaban J connectivity index is 2.01. The van der Waals surface area contributed by atoms with Gasteiger partial charge >= 0.3 is 0 Å². The third kappa shape index (κ3) is 2.46. The Labute approximate surface area is 98.4 Å². The number of nitrogens with zero attached hydrogens (tertiary/aromatic N) is 3. The summed E-state index contributed by atoms with van der Waals surface area (Å²) in [6.07, 6.45) is 7.96. The second-order valence-corrected chi connectivity index (χ2v) is 5.10. The average Bonchev–Trinajstić information content (AvgIpc) is 2.78. The summed E-state index contributed by atoms with van der Waals surface area (Å²) in [5.41, 5.74) is 1.39. The van der Waals surface area contributed by atoms with Gasteiger partial charge in [0.1, 0.15) is 0 Å². The molecule has 1 aromatic heterocycles. The van der Waals surface area contributed by atoms with Gasteiger partial charge in [-0.05, 0) is 50.9 Å². The van der Waals surface area contributed by atoms with Crippen LogP contribution in [-0.2, 0) is 0 Å². The van der Waals surface area contributed by atoms with Gasteiger partial charge in [0.05, 0.1) is 12.2 Å². The van der Waals surface area contributed by atoms with E-state index in [1.54, 1.807) is 0 Å². The number of hydrogen-bond acceptors (Lipinski definition) is 2. The molecule has 3 nitrogen and oxygen atoms in total. The zero-order chi connectivity index (χ0) is 11.5. The average molecular weight is 221 g/mol. The van der Waals surface area contributed by atoms with Gasteiger partial charge in [-0.2, -0.15) is 5.10 Å². The number of hydrogen-bond donors (Lipinski definition) is 0. The second-order valence-electron chi connectivity index (χ2n) is 5.10. The molecule has 1 aromatic rings. The molecule has 1 aliphatic heterocycles. The van der Waals surface area contributed by atoms with Crippen LogP contribution < -0.4 is 0 Å². The first-order valence-corrected chi connectivity index (χ1v) is 6.43. The van der Waals surface area contributed by atoms with Crippen LogP contribution in [0.15, 0.2) is 12.4 Å². The molecule has 90 valence electrons. The highest BCUT2D eigenvalue weighted by molar-refractivity contribution is 5.10. The summed E-state index contributed by atoms with van der Waals surface area (Å²) in [5, 5.41) is 4.53. The van der Waals surface area contributed by atoms with Gasteiger partial charge in [-0.25, -0.2) is 0 Å². The summed E-state index contributed by atoms with van der Waals surface area (Å²) in [4.78, 5) is 2.40. The maximum atomic E-state index is 4.53. The lowest BCUT2D eigenvalue weighted by molar-refractivity contribution is 0.212. The van der Waals surface area contributed by atoms with Crippen LogP contribution in [0.1, 0.15) is 50.6 Å². The zero-order valence-electron chi connectivity index (χ0n) is 10.7. The Hall–Kier alpha value is -0.830. The molecule has 0 bridgehead atoms. The fraction of sp³-hybridized carbons (Fsp3) is 0.769. The maximum absolute atomic E-state index is 4.53. The Morgan fingerprint density at radius 2 is 2.12 bits per heavy atom. The quantitative estimate of drug-likeness (QED) is 0.782. The summed E-state index contributed by atoms with van der Waals surface area (Å²) in [7, 11) is 2.20. The molecular weight excluding hydrogens is 198 g/mol. The van der Waals surface area contributed by atoms with E-state index >= 15 is 0 Å². The van der Waals surface area contributed by atoms with E-state index in [1.807, 2.05) is 6.20 Å². The van der Waals surface area contributed by atoms with E-state index in [0.717, 1.165) is 0 Å². The van der Waals surface area contributed by atoms with Gasteiger partial charge in [0.15, 0.2) is 0 Å². The van der Waals surface area contributed by atoms with E-state index in [1.165, 1.54) is 37.9 Å². The summed E-state index contributed by atoms with van der Waals surface area (Å²) in [6, 6.07) is 0.619. The first-order chi connectivity index (χ1) is 7.70. The van der Waals surface area contributed by atoms with Crippen LogP contribution in [0.25, 0.3) is 0 Å². The van der Waals surface area contributed by atoms with E-state index in [9.17, 15) is 0 Å².